The molecule has 9 rings (SSSR count). The predicted octanol–water partition coefficient (Wildman–Crippen LogP) is 6.14. The first-order valence-electron chi connectivity index (χ1n) is 22.0. The van der Waals surface area contributed by atoms with E-state index in [2.05, 4.69) is 25.8 Å². The van der Waals surface area contributed by atoms with Crippen LogP contribution in [0.3, 0.4) is 0 Å². The number of ether oxygens (including phenoxy) is 4. The molecule has 0 radical (unpaired) electrons. The van der Waals surface area contributed by atoms with Crippen LogP contribution in [0.4, 0.5) is 4.79 Å². The van der Waals surface area contributed by atoms with Crippen molar-refractivity contribution in [2.75, 3.05) is 46.4 Å². The van der Waals surface area contributed by atoms with Crippen molar-refractivity contribution >= 4 is 28.9 Å². The largest absolute Gasteiger partial charge is 0.506 e. The van der Waals surface area contributed by atoms with E-state index < -0.39 is 24.2 Å². The summed E-state index contributed by atoms with van der Waals surface area (Å²) in [6.07, 6.45) is 0.618. The number of rotatable bonds is 18. The molecule has 3 fully saturated rings. The number of amides is 2. The van der Waals surface area contributed by atoms with Crippen molar-refractivity contribution in [2.24, 2.45) is 5.92 Å². The number of aliphatic hydroxyl groups is 1. The number of methoxy groups -OCH3 is 1. The Kier molecular flexibility index (Phi) is 14.6. The molecule has 15 heteroatoms. The molecule has 3 aliphatic rings. The first-order chi connectivity index (χ1) is 32.1. The van der Waals surface area contributed by atoms with Gasteiger partial charge in [-0.1, -0.05) is 66.7 Å². The van der Waals surface area contributed by atoms with Crippen molar-refractivity contribution in [1.29, 1.82) is 0 Å². The number of esters is 1. The zero-order valence-electron chi connectivity index (χ0n) is 36.5. The number of fused-ring (bicyclic) bond motifs is 4. The molecule has 0 saturated carbocycles. The molecular formula is C51H53N5O10. The van der Waals surface area contributed by atoms with E-state index in [4.69, 9.17) is 18.9 Å². The van der Waals surface area contributed by atoms with Gasteiger partial charge in [-0.15, -0.1) is 0 Å². The summed E-state index contributed by atoms with van der Waals surface area (Å²) in [4.78, 5) is 55.8. The Bertz CT molecular complexity index is 2700. The molecule has 0 aliphatic carbocycles. The number of piperidine rings is 3. The highest BCUT2D eigenvalue weighted by Gasteiger charge is 2.37. The van der Waals surface area contributed by atoms with E-state index in [1.54, 1.807) is 54.6 Å². The SMILES string of the molecule is COc1cc(C(=O)NCCOC(=O)c2ccc(COc3cccc(C(NC(=O)O[C@H]4CN5CCC4CC5)c4ccccc4)c3)cc2)ccc1CNC[C@H](O)c1ccc(O)c2[nH]c(=O)ccc12. The van der Waals surface area contributed by atoms with E-state index in [0.29, 0.717) is 46.0 Å². The van der Waals surface area contributed by atoms with Crippen molar-refractivity contribution in [3.63, 3.8) is 0 Å². The number of nitrogens with one attached hydrogen (secondary N) is 4. The van der Waals surface area contributed by atoms with Crippen LogP contribution in [0.2, 0.25) is 0 Å². The lowest BCUT2D eigenvalue weighted by Crippen LogP contribution is -2.52. The maximum atomic E-state index is 13.2. The summed E-state index contributed by atoms with van der Waals surface area (Å²) in [5.41, 5.74) is 4.48. The molecular weight excluding hydrogens is 843 g/mol. The highest BCUT2D eigenvalue weighted by Crippen LogP contribution is 2.32. The number of benzene rings is 5. The Labute approximate surface area is 381 Å². The van der Waals surface area contributed by atoms with E-state index in [9.17, 15) is 29.4 Å². The third-order valence-electron chi connectivity index (χ3n) is 12.1. The minimum atomic E-state index is -0.942. The molecule has 342 valence electrons. The summed E-state index contributed by atoms with van der Waals surface area (Å²) in [5, 5.41) is 30.6. The highest BCUT2D eigenvalue weighted by molar-refractivity contribution is 5.95. The molecule has 1 unspecified atom stereocenters. The zero-order valence-corrected chi connectivity index (χ0v) is 36.5. The van der Waals surface area contributed by atoms with E-state index in [0.717, 1.165) is 54.7 Å². The number of aromatic amines is 1. The number of carbonyl (C=O) groups is 3. The normalized spacial score (nSPS) is 17.3. The summed E-state index contributed by atoms with van der Waals surface area (Å²) >= 11 is 0. The Balaban J connectivity index is 0.777. The van der Waals surface area contributed by atoms with Crippen molar-refractivity contribution in [2.45, 2.75) is 44.2 Å². The summed E-state index contributed by atoms with van der Waals surface area (Å²) in [7, 11) is 1.50. The van der Waals surface area contributed by atoms with Gasteiger partial charge in [0.1, 0.15) is 36.6 Å². The lowest BCUT2D eigenvalue weighted by Gasteiger charge is -2.43. The molecule has 3 saturated heterocycles. The third kappa shape index (κ3) is 11.2. The molecule has 6 N–H and O–H groups in total. The fraction of sp³-hybridized carbons (Fsp3) is 0.294. The number of phenolic OH excluding ortho intramolecular Hbond substituents is 1. The van der Waals surface area contributed by atoms with Gasteiger partial charge in [0, 0.05) is 42.2 Å². The summed E-state index contributed by atoms with van der Waals surface area (Å²) in [6.45, 7) is 3.67. The van der Waals surface area contributed by atoms with Gasteiger partial charge in [-0.05, 0) is 103 Å². The number of hydrogen-bond donors (Lipinski definition) is 6. The second-order valence-corrected chi connectivity index (χ2v) is 16.5. The maximum Gasteiger partial charge on any atom is 0.408 e. The topological polar surface area (TPSA) is 201 Å². The number of aliphatic hydroxyl groups excluding tert-OH is 1. The first-order valence-corrected chi connectivity index (χ1v) is 22.0. The monoisotopic (exact) mass is 895 g/mol. The molecule has 2 bridgehead atoms. The quantitative estimate of drug-likeness (QED) is 0.0426. The average molecular weight is 896 g/mol. The number of pyridine rings is 1. The Morgan fingerprint density at radius 1 is 0.864 bits per heavy atom. The van der Waals surface area contributed by atoms with Gasteiger partial charge in [0.15, 0.2) is 0 Å². The lowest BCUT2D eigenvalue weighted by molar-refractivity contribution is -0.0336. The third-order valence-corrected chi connectivity index (χ3v) is 12.1. The maximum absolute atomic E-state index is 13.2. The first kappa shape index (κ1) is 45.4. The van der Waals surface area contributed by atoms with Crippen LogP contribution in [0.5, 0.6) is 17.2 Å². The van der Waals surface area contributed by atoms with Crippen LogP contribution in [-0.4, -0.2) is 90.6 Å². The molecule has 1 aromatic heterocycles. The zero-order chi connectivity index (χ0) is 46.0. The number of H-pyrrole nitrogens is 1. The van der Waals surface area contributed by atoms with Crippen LogP contribution >= 0.6 is 0 Å². The molecule has 4 heterocycles. The van der Waals surface area contributed by atoms with Crippen molar-refractivity contribution < 1.29 is 43.5 Å². The number of carbonyl (C=O) groups excluding carboxylic acids is 3. The molecule has 66 heavy (non-hydrogen) atoms. The van der Waals surface area contributed by atoms with Crippen molar-refractivity contribution in [1.82, 2.24) is 25.8 Å². The molecule has 0 spiro atoms. The van der Waals surface area contributed by atoms with Crippen molar-refractivity contribution in [3.8, 4) is 17.2 Å². The van der Waals surface area contributed by atoms with E-state index in [1.807, 2.05) is 54.6 Å². The second kappa shape index (κ2) is 21.2. The standard InChI is InChI=1S/C51H53N5O10/c1-63-44-27-37(14-15-38(44)28-52-29-43(58)40-16-18-42(57)48-41(40)17-19-46(59)54-48)49(60)53-22-25-64-50(61)35-12-10-32(11-13-35)31-65-39-9-5-8-36(26-39)47(34-6-3-2-4-7-34)55-51(62)66-45-30-56-23-20-33(45)21-24-56/h2-19,26-27,33,43,45,47,52,57-58H,20-25,28-31H2,1H3,(H,53,60)(H,54,59)(H,55,62)/t43-,45-,47?/m0/s1. The van der Waals surface area contributed by atoms with Crippen LogP contribution < -0.4 is 31.0 Å². The summed E-state index contributed by atoms with van der Waals surface area (Å²) in [6, 6.07) is 34.8. The van der Waals surface area contributed by atoms with Gasteiger partial charge >= 0.3 is 12.1 Å². The van der Waals surface area contributed by atoms with Gasteiger partial charge in [0.2, 0.25) is 5.56 Å². The minimum absolute atomic E-state index is 0.0457. The van der Waals surface area contributed by atoms with Gasteiger partial charge in [-0.25, -0.2) is 9.59 Å². The van der Waals surface area contributed by atoms with Crippen LogP contribution in [0, 0.1) is 5.92 Å². The molecule has 15 nitrogen and oxygen atoms in total. The number of nitrogens with zero attached hydrogens (tertiary/aromatic N) is 1. The van der Waals surface area contributed by atoms with E-state index in [1.165, 1.54) is 19.2 Å². The number of hydrogen-bond acceptors (Lipinski definition) is 12. The molecule has 3 atom stereocenters. The minimum Gasteiger partial charge on any atom is -0.506 e. The number of alkyl carbamates (subject to hydrolysis) is 1. The molecule has 5 aromatic carbocycles. The van der Waals surface area contributed by atoms with Gasteiger partial charge < -0.3 is 50.1 Å². The average Bonchev–Trinajstić information content (AvgIpc) is 3.35. The van der Waals surface area contributed by atoms with Crippen LogP contribution in [0.25, 0.3) is 10.9 Å². The van der Waals surface area contributed by atoms with Gasteiger partial charge in [-0.2, -0.15) is 0 Å². The number of phenols is 1. The van der Waals surface area contributed by atoms with Crippen LogP contribution in [0.1, 0.15) is 73.5 Å². The highest BCUT2D eigenvalue weighted by atomic mass is 16.6. The Hall–Kier alpha value is -7.20. The van der Waals surface area contributed by atoms with Crippen LogP contribution in [-0.2, 0) is 22.6 Å². The number of aromatic nitrogens is 1. The summed E-state index contributed by atoms with van der Waals surface area (Å²) in [5.74, 6) is 0.491. The van der Waals surface area contributed by atoms with Gasteiger partial charge in [-0.3, -0.25) is 14.5 Å². The van der Waals surface area contributed by atoms with Gasteiger partial charge in [0.25, 0.3) is 5.91 Å². The van der Waals surface area contributed by atoms with E-state index in [-0.39, 0.29) is 55.1 Å². The predicted molar refractivity (Wildman–Crippen MR) is 247 cm³/mol. The lowest BCUT2D eigenvalue weighted by atomic mass is 9.86. The van der Waals surface area contributed by atoms with Crippen molar-refractivity contribution in [3.05, 3.63) is 171 Å². The van der Waals surface area contributed by atoms with E-state index >= 15 is 0 Å². The smallest absolute Gasteiger partial charge is 0.408 e. The molecule has 3 aliphatic heterocycles. The van der Waals surface area contributed by atoms with Gasteiger partial charge in [0.05, 0.1) is 36.9 Å². The molecule has 2 amide bonds. The number of aromatic hydroxyl groups is 1. The summed E-state index contributed by atoms with van der Waals surface area (Å²) < 4.78 is 23.1. The fourth-order valence-electron chi connectivity index (χ4n) is 8.55. The van der Waals surface area contributed by atoms with Crippen LogP contribution in [0.15, 0.2) is 126 Å². The Morgan fingerprint density at radius 3 is 2.39 bits per heavy atom. The fourth-order valence-corrected chi connectivity index (χ4v) is 8.55. The Morgan fingerprint density at radius 2 is 1.64 bits per heavy atom. The second-order valence-electron chi connectivity index (χ2n) is 16.5. The molecule has 6 aromatic rings.